The van der Waals surface area contributed by atoms with Crippen molar-refractivity contribution in [2.75, 3.05) is 17.6 Å². The lowest BCUT2D eigenvalue weighted by atomic mass is 10.1. The normalized spacial score (nSPS) is 10.3. The molecule has 1 heterocycles. The summed E-state index contributed by atoms with van der Waals surface area (Å²) in [4.78, 5) is 8.12. The Morgan fingerprint density at radius 1 is 1.22 bits per heavy atom. The number of benzene rings is 1. The minimum atomic E-state index is 0.285. The molecule has 18 heavy (non-hydrogen) atoms. The first-order chi connectivity index (χ1) is 8.70. The average molecular weight is 243 g/mol. The van der Waals surface area contributed by atoms with Gasteiger partial charge in [-0.25, -0.2) is 9.97 Å². The van der Waals surface area contributed by atoms with Gasteiger partial charge in [0.1, 0.15) is 0 Å². The molecule has 5 N–H and O–H groups in total. The fourth-order valence-corrected chi connectivity index (χ4v) is 1.77. The maximum atomic E-state index is 5.60. The molecule has 5 heteroatoms. The van der Waals surface area contributed by atoms with E-state index in [1.807, 2.05) is 25.1 Å². The Hall–Kier alpha value is -2.14. The predicted molar refractivity (Wildman–Crippen MR) is 73.7 cm³/mol. The van der Waals surface area contributed by atoms with Gasteiger partial charge < -0.3 is 16.8 Å². The highest BCUT2D eigenvalue weighted by atomic mass is 15.0. The standard InChI is InChI=1S/C13H17N5/c1-9-12(8-16-13(15)17-9)18-11-5-3-2-4-10(11)6-7-14/h2-5,8,18H,6-7,14H2,1H3,(H2,15,16,17). The third kappa shape index (κ3) is 2.75. The fourth-order valence-electron chi connectivity index (χ4n) is 1.77. The molecule has 0 bridgehead atoms. The maximum absolute atomic E-state index is 5.60. The molecule has 0 aliphatic carbocycles. The van der Waals surface area contributed by atoms with Crippen LogP contribution in [-0.4, -0.2) is 16.5 Å². The SMILES string of the molecule is Cc1nc(N)ncc1Nc1ccccc1CCN. The van der Waals surface area contributed by atoms with Gasteiger partial charge in [-0.2, -0.15) is 0 Å². The number of nitrogen functional groups attached to an aromatic ring is 1. The summed E-state index contributed by atoms with van der Waals surface area (Å²) in [5.74, 6) is 0.285. The van der Waals surface area contributed by atoms with Gasteiger partial charge in [0.15, 0.2) is 0 Å². The Balaban J connectivity index is 2.28. The van der Waals surface area contributed by atoms with E-state index in [0.29, 0.717) is 6.54 Å². The van der Waals surface area contributed by atoms with Crippen LogP contribution in [-0.2, 0) is 6.42 Å². The minimum Gasteiger partial charge on any atom is -0.368 e. The number of aryl methyl sites for hydroxylation is 1. The molecular weight excluding hydrogens is 226 g/mol. The quantitative estimate of drug-likeness (QED) is 0.759. The van der Waals surface area contributed by atoms with E-state index in [1.54, 1.807) is 6.20 Å². The van der Waals surface area contributed by atoms with Crippen LogP contribution in [0.1, 0.15) is 11.3 Å². The monoisotopic (exact) mass is 243 g/mol. The second-order valence-corrected chi connectivity index (χ2v) is 4.05. The summed E-state index contributed by atoms with van der Waals surface area (Å²) in [6.45, 7) is 2.52. The average Bonchev–Trinajstić information content (AvgIpc) is 2.35. The molecular formula is C13H17N5. The lowest BCUT2D eigenvalue weighted by molar-refractivity contribution is 0.970. The summed E-state index contributed by atoms with van der Waals surface area (Å²) >= 11 is 0. The van der Waals surface area contributed by atoms with Crippen molar-refractivity contribution in [3.05, 3.63) is 41.7 Å². The van der Waals surface area contributed by atoms with Crippen molar-refractivity contribution < 1.29 is 0 Å². The molecule has 5 nitrogen and oxygen atoms in total. The second kappa shape index (κ2) is 5.46. The van der Waals surface area contributed by atoms with Crippen LogP contribution in [0.15, 0.2) is 30.5 Å². The van der Waals surface area contributed by atoms with Crippen molar-refractivity contribution in [2.24, 2.45) is 5.73 Å². The summed E-state index contributed by atoms with van der Waals surface area (Å²) in [7, 11) is 0. The Morgan fingerprint density at radius 2 is 2.00 bits per heavy atom. The molecule has 1 aromatic heterocycles. The Morgan fingerprint density at radius 3 is 2.72 bits per heavy atom. The Labute approximate surface area is 106 Å². The zero-order valence-electron chi connectivity index (χ0n) is 10.4. The van der Waals surface area contributed by atoms with Crippen molar-refractivity contribution in [3.8, 4) is 0 Å². The second-order valence-electron chi connectivity index (χ2n) is 4.05. The van der Waals surface area contributed by atoms with Gasteiger partial charge >= 0.3 is 0 Å². The van der Waals surface area contributed by atoms with E-state index < -0.39 is 0 Å². The number of rotatable bonds is 4. The number of nitrogens with two attached hydrogens (primary N) is 2. The first kappa shape index (κ1) is 12.3. The van der Waals surface area contributed by atoms with Gasteiger partial charge in [-0.3, -0.25) is 0 Å². The minimum absolute atomic E-state index is 0.285. The third-order valence-electron chi connectivity index (χ3n) is 2.70. The highest BCUT2D eigenvalue weighted by Crippen LogP contribution is 2.22. The Bertz CT molecular complexity index is 539. The van der Waals surface area contributed by atoms with Crippen LogP contribution in [0.5, 0.6) is 0 Å². The van der Waals surface area contributed by atoms with Gasteiger partial charge in [-0.15, -0.1) is 0 Å². The van der Waals surface area contributed by atoms with Crippen molar-refractivity contribution in [2.45, 2.75) is 13.3 Å². The van der Waals surface area contributed by atoms with Crippen molar-refractivity contribution >= 4 is 17.3 Å². The summed E-state index contributed by atoms with van der Waals surface area (Å²) in [5, 5.41) is 3.32. The molecule has 2 rings (SSSR count). The van der Waals surface area contributed by atoms with E-state index in [1.165, 1.54) is 5.56 Å². The highest BCUT2D eigenvalue weighted by molar-refractivity contribution is 5.64. The molecule has 0 aliphatic rings. The number of hydrogen-bond acceptors (Lipinski definition) is 5. The predicted octanol–water partition coefficient (Wildman–Crippen LogP) is 1.61. The van der Waals surface area contributed by atoms with E-state index in [9.17, 15) is 0 Å². The number of nitrogens with one attached hydrogen (secondary N) is 1. The van der Waals surface area contributed by atoms with Crippen molar-refractivity contribution in [1.29, 1.82) is 0 Å². The van der Waals surface area contributed by atoms with E-state index in [4.69, 9.17) is 11.5 Å². The van der Waals surface area contributed by atoms with E-state index in [0.717, 1.165) is 23.5 Å². The molecule has 0 atom stereocenters. The molecule has 0 fully saturated rings. The molecule has 2 aromatic rings. The molecule has 0 radical (unpaired) electrons. The van der Waals surface area contributed by atoms with Gasteiger partial charge in [0.05, 0.1) is 17.6 Å². The molecule has 0 saturated heterocycles. The topological polar surface area (TPSA) is 89.8 Å². The Kier molecular flexibility index (Phi) is 3.74. The first-order valence-corrected chi connectivity index (χ1v) is 5.85. The van der Waals surface area contributed by atoms with Gasteiger partial charge in [0.25, 0.3) is 0 Å². The molecule has 0 amide bonds. The summed E-state index contributed by atoms with van der Waals surface area (Å²) < 4.78 is 0. The summed E-state index contributed by atoms with van der Waals surface area (Å²) in [6.07, 6.45) is 2.52. The lowest BCUT2D eigenvalue weighted by Crippen LogP contribution is -2.06. The van der Waals surface area contributed by atoms with Gasteiger partial charge in [0, 0.05) is 5.69 Å². The number of aromatic nitrogens is 2. The molecule has 0 unspecified atom stereocenters. The van der Waals surface area contributed by atoms with Crippen LogP contribution in [0, 0.1) is 6.92 Å². The number of nitrogens with zero attached hydrogens (tertiary/aromatic N) is 2. The fraction of sp³-hybridized carbons (Fsp3) is 0.231. The zero-order valence-corrected chi connectivity index (χ0v) is 10.4. The van der Waals surface area contributed by atoms with Crippen LogP contribution in [0.3, 0.4) is 0 Å². The first-order valence-electron chi connectivity index (χ1n) is 5.85. The number of para-hydroxylation sites is 1. The van der Waals surface area contributed by atoms with Crippen LogP contribution in [0.2, 0.25) is 0 Å². The highest BCUT2D eigenvalue weighted by Gasteiger charge is 2.05. The van der Waals surface area contributed by atoms with Gasteiger partial charge in [0.2, 0.25) is 5.95 Å². The molecule has 0 aliphatic heterocycles. The van der Waals surface area contributed by atoms with Crippen LogP contribution in [0.4, 0.5) is 17.3 Å². The maximum Gasteiger partial charge on any atom is 0.220 e. The molecule has 0 saturated carbocycles. The van der Waals surface area contributed by atoms with Crippen LogP contribution in [0.25, 0.3) is 0 Å². The van der Waals surface area contributed by atoms with E-state index in [2.05, 4.69) is 21.4 Å². The zero-order chi connectivity index (χ0) is 13.0. The number of hydrogen-bond donors (Lipinski definition) is 3. The van der Waals surface area contributed by atoms with Crippen molar-refractivity contribution in [1.82, 2.24) is 9.97 Å². The largest absolute Gasteiger partial charge is 0.368 e. The summed E-state index contributed by atoms with van der Waals surface area (Å²) in [5.41, 5.74) is 15.0. The lowest BCUT2D eigenvalue weighted by Gasteiger charge is -2.12. The van der Waals surface area contributed by atoms with E-state index in [-0.39, 0.29) is 5.95 Å². The summed E-state index contributed by atoms with van der Waals surface area (Å²) in [6, 6.07) is 8.06. The number of anilines is 3. The smallest absolute Gasteiger partial charge is 0.220 e. The third-order valence-corrected chi connectivity index (χ3v) is 2.70. The van der Waals surface area contributed by atoms with Crippen LogP contribution >= 0.6 is 0 Å². The van der Waals surface area contributed by atoms with Gasteiger partial charge in [-0.05, 0) is 31.5 Å². The van der Waals surface area contributed by atoms with Crippen molar-refractivity contribution in [3.63, 3.8) is 0 Å². The molecule has 0 spiro atoms. The molecule has 94 valence electrons. The van der Waals surface area contributed by atoms with Crippen LogP contribution < -0.4 is 16.8 Å². The van der Waals surface area contributed by atoms with E-state index >= 15 is 0 Å². The molecule has 1 aromatic carbocycles. The van der Waals surface area contributed by atoms with Gasteiger partial charge in [-0.1, -0.05) is 18.2 Å².